The van der Waals surface area contributed by atoms with Crippen LogP contribution in [-0.2, 0) is 41.6 Å². The van der Waals surface area contributed by atoms with Crippen LogP contribution in [0.15, 0.2) is 79.7 Å². The molecule has 1 aliphatic carbocycles. The van der Waals surface area contributed by atoms with Crippen LogP contribution in [0.2, 0.25) is 0 Å². The van der Waals surface area contributed by atoms with E-state index < -0.39 is 35.0 Å². The maximum atomic E-state index is 14.6. The van der Waals surface area contributed by atoms with E-state index in [1.165, 1.54) is 30.9 Å². The molecule has 57 heavy (non-hydrogen) atoms. The molecule has 2 aromatic carbocycles. The summed E-state index contributed by atoms with van der Waals surface area (Å²) in [6, 6.07) is 9.58. The lowest BCUT2D eigenvalue weighted by Gasteiger charge is -2.40. The Morgan fingerprint density at radius 2 is 1.75 bits per heavy atom. The first-order valence-corrected chi connectivity index (χ1v) is 19.8. The number of hydrogen-bond acceptors (Lipinski definition) is 6. The predicted octanol–water partition coefficient (Wildman–Crippen LogP) is 7.77. The molecule has 0 spiro atoms. The number of carbonyl (C=O) groups is 2. The molecule has 4 aromatic rings. The Morgan fingerprint density at radius 3 is 2.40 bits per heavy atom. The topological polar surface area (TPSA) is 129 Å². The van der Waals surface area contributed by atoms with E-state index in [-0.39, 0.29) is 55.1 Å². The van der Waals surface area contributed by atoms with Crippen LogP contribution in [0.3, 0.4) is 0 Å². The molecule has 2 aromatic heterocycles. The Hall–Kier alpha value is -5.14. The second-order valence-corrected chi connectivity index (χ2v) is 15.3. The van der Waals surface area contributed by atoms with Crippen molar-refractivity contribution in [1.82, 2.24) is 41.0 Å². The van der Waals surface area contributed by atoms with Crippen LogP contribution in [0, 0.1) is 17.7 Å². The van der Waals surface area contributed by atoms with Gasteiger partial charge in [0.2, 0.25) is 11.8 Å². The highest BCUT2D eigenvalue weighted by Crippen LogP contribution is 2.40. The fourth-order valence-corrected chi connectivity index (χ4v) is 6.72. The molecule has 0 radical (unpaired) electrons. The van der Waals surface area contributed by atoms with Crippen LogP contribution in [0.25, 0.3) is 10.9 Å². The molecule has 0 aliphatic heterocycles. The summed E-state index contributed by atoms with van der Waals surface area (Å²) in [6.07, 6.45) is 2.73. The van der Waals surface area contributed by atoms with Gasteiger partial charge in [0.15, 0.2) is 0 Å². The van der Waals surface area contributed by atoms with Gasteiger partial charge in [-0.2, -0.15) is 18.3 Å². The molecule has 0 saturated carbocycles. The molecule has 0 fully saturated rings. The van der Waals surface area contributed by atoms with E-state index >= 15 is 0 Å². The zero-order valence-electron chi connectivity index (χ0n) is 33.8. The van der Waals surface area contributed by atoms with E-state index in [0.717, 1.165) is 37.8 Å². The summed E-state index contributed by atoms with van der Waals surface area (Å²) in [5, 5.41) is 17.1. The van der Waals surface area contributed by atoms with Gasteiger partial charge in [0.05, 0.1) is 30.1 Å². The standard InChI is InChI=1S/C38H46F4N8O2.C5H12/c1-5-24(2)34(26(4)44-17-8-9-18-50-23-43-22-46-50)48-36(52)37(49-25(3)21-45-33(51)19-27-11-6-7-14-31(27)39)16-15-32-29(20-37)28-12-10-13-30(35(28)47-32)38(40,41)42;1-4-5(2)3/h6-7,10-14,22-24,34,44,47,49H,3-5,8-9,15-21H2,1-2H3,(H,45,51)(H,48,52);5H,4H2,1-3H3/t24-,34?,37+;/m0./s1. The van der Waals surface area contributed by atoms with Crippen molar-refractivity contribution < 1.29 is 27.2 Å². The summed E-state index contributed by atoms with van der Waals surface area (Å²) in [6.45, 7) is 20.3. The van der Waals surface area contributed by atoms with Crippen LogP contribution < -0.4 is 21.3 Å². The zero-order chi connectivity index (χ0) is 41.8. The largest absolute Gasteiger partial charge is 0.418 e. The van der Waals surface area contributed by atoms with E-state index in [0.29, 0.717) is 34.6 Å². The number of fused-ring (bicyclic) bond motifs is 3. The van der Waals surface area contributed by atoms with E-state index in [2.05, 4.69) is 70.3 Å². The van der Waals surface area contributed by atoms with E-state index in [4.69, 9.17) is 0 Å². The Morgan fingerprint density at radius 1 is 1.02 bits per heavy atom. The summed E-state index contributed by atoms with van der Waals surface area (Å²) >= 11 is 0. The van der Waals surface area contributed by atoms with Crippen molar-refractivity contribution in [2.75, 3.05) is 13.1 Å². The van der Waals surface area contributed by atoms with Gasteiger partial charge in [-0.25, -0.2) is 9.37 Å². The molecule has 5 rings (SSSR count). The number of aryl methyl sites for hydroxylation is 2. The minimum atomic E-state index is -4.57. The second-order valence-electron chi connectivity index (χ2n) is 15.3. The molecule has 10 nitrogen and oxygen atoms in total. The lowest BCUT2D eigenvalue weighted by Crippen LogP contribution is -2.62. The summed E-state index contributed by atoms with van der Waals surface area (Å²) in [5.74, 6) is -0.407. The SMILES string of the molecule is C=C(CNC(=O)Cc1ccccc1F)N[C@]1(C(=O)NC(C(=C)NCCCCn2cncn2)[C@@H](C)CC)CCc2[nH]c3c(C(F)(F)F)cccc3c2C1.CCC(C)C. The van der Waals surface area contributed by atoms with Gasteiger partial charge in [-0.15, -0.1) is 0 Å². The molecule has 1 aliphatic rings. The Bertz CT molecular complexity index is 1960. The highest BCUT2D eigenvalue weighted by molar-refractivity contribution is 5.92. The van der Waals surface area contributed by atoms with Gasteiger partial charge in [0.1, 0.15) is 24.0 Å². The molecule has 0 saturated heterocycles. The molecule has 0 bridgehead atoms. The van der Waals surface area contributed by atoms with Gasteiger partial charge < -0.3 is 26.3 Å². The summed E-state index contributed by atoms with van der Waals surface area (Å²) < 4.78 is 57.9. The number of H-pyrrole nitrogens is 1. The number of rotatable bonds is 18. The zero-order valence-corrected chi connectivity index (χ0v) is 33.8. The average Bonchev–Trinajstić information content (AvgIpc) is 3.84. The predicted molar refractivity (Wildman–Crippen MR) is 216 cm³/mol. The minimum Gasteiger partial charge on any atom is -0.387 e. The molecule has 1 unspecified atom stereocenters. The van der Waals surface area contributed by atoms with E-state index in [9.17, 15) is 27.2 Å². The molecular weight excluding hydrogens is 737 g/mol. The van der Waals surface area contributed by atoms with Crippen LogP contribution >= 0.6 is 0 Å². The first-order valence-electron chi connectivity index (χ1n) is 19.8. The summed E-state index contributed by atoms with van der Waals surface area (Å²) in [7, 11) is 0. The molecule has 2 heterocycles. The third kappa shape index (κ3) is 12.2. The van der Waals surface area contributed by atoms with E-state index in [1.807, 2.05) is 13.8 Å². The smallest absolute Gasteiger partial charge is 0.387 e. The fourth-order valence-electron chi connectivity index (χ4n) is 6.72. The van der Waals surface area contributed by atoms with Gasteiger partial charge in [-0.3, -0.25) is 14.3 Å². The number of amides is 2. The van der Waals surface area contributed by atoms with Crippen molar-refractivity contribution in [1.29, 1.82) is 0 Å². The third-order valence-corrected chi connectivity index (χ3v) is 10.6. The van der Waals surface area contributed by atoms with Crippen LogP contribution in [0.5, 0.6) is 0 Å². The Kier molecular flexibility index (Phi) is 15.9. The van der Waals surface area contributed by atoms with Gasteiger partial charge in [0, 0.05) is 42.0 Å². The number of unbranched alkanes of at least 4 members (excludes halogenated alkanes) is 1. The van der Waals surface area contributed by atoms with Crippen molar-refractivity contribution in [3.63, 3.8) is 0 Å². The maximum Gasteiger partial charge on any atom is 0.418 e. The number of benzene rings is 2. The summed E-state index contributed by atoms with van der Waals surface area (Å²) in [5.41, 5.74) is 0.336. The number of aromatic nitrogens is 4. The molecular formula is C43H58F4N8O2. The van der Waals surface area contributed by atoms with Crippen LogP contribution in [-0.4, -0.2) is 56.2 Å². The van der Waals surface area contributed by atoms with Crippen LogP contribution in [0.1, 0.15) is 89.1 Å². The molecule has 5 N–H and O–H groups in total. The van der Waals surface area contributed by atoms with E-state index in [1.54, 1.807) is 29.2 Å². The lowest BCUT2D eigenvalue weighted by atomic mass is 9.78. The number of nitrogens with one attached hydrogen (secondary N) is 5. The fraction of sp³-hybridized carbons (Fsp3) is 0.488. The number of aromatic amines is 1. The molecule has 14 heteroatoms. The molecule has 310 valence electrons. The molecule has 2 amide bonds. The van der Waals surface area contributed by atoms with Gasteiger partial charge >= 0.3 is 6.18 Å². The first-order chi connectivity index (χ1) is 27.1. The number of hydrogen-bond donors (Lipinski definition) is 5. The van der Waals surface area contributed by atoms with Gasteiger partial charge in [-0.05, 0) is 60.8 Å². The number of para-hydroxylation sites is 1. The number of nitrogens with zero attached hydrogens (tertiary/aromatic N) is 3. The van der Waals surface area contributed by atoms with Crippen molar-refractivity contribution in [3.8, 4) is 0 Å². The Labute approximate surface area is 333 Å². The third-order valence-electron chi connectivity index (χ3n) is 10.6. The monoisotopic (exact) mass is 794 g/mol. The maximum absolute atomic E-state index is 14.6. The lowest BCUT2D eigenvalue weighted by molar-refractivity contribution is -0.136. The average molecular weight is 795 g/mol. The quantitative estimate of drug-likeness (QED) is 0.0518. The van der Waals surface area contributed by atoms with Gasteiger partial charge in [-0.1, -0.05) is 91.0 Å². The highest BCUT2D eigenvalue weighted by Gasteiger charge is 2.45. The normalized spacial score (nSPS) is 16.2. The van der Waals surface area contributed by atoms with Crippen molar-refractivity contribution >= 4 is 22.7 Å². The van der Waals surface area contributed by atoms with Gasteiger partial charge in [0.25, 0.3) is 0 Å². The second kappa shape index (κ2) is 20.3. The summed E-state index contributed by atoms with van der Waals surface area (Å²) in [4.78, 5) is 34.3. The van der Waals surface area contributed by atoms with Crippen molar-refractivity contribution in [3.05, 3.63) is 108 Å². The molecule has 3 atom stereocenters. The minimum absolute atomic E-state index is 0.00129. The Balaban J connectivity index is 0.00000135. The van der Waals surface area contributed by atoms with Crippen LogP contribution in [0.4, 0.5) is 17.6 Å². The van der Waals surface area contributed by atoms with Crippen molar-refractivity contribution in [2.45, 2.75) is 110 Å². The number of carbonyl (C=O) groups excluding carboxylic acids is 2. The van der Waals surface area contributed by atoms with Crippen molar-refractivity contribution in [2.24, 2.45) is 11.8 Å². The first kappa shape index (κ1) is 44.6. The number of halogens is 4. The highest BCUT2D eigenvalue weighted by atomic mass is 19.4. The number of alkyl halides is 3.